The van der Waals surface area contributed by atoms with Gasteiger partial charge in [0.25, 0.3) is 0 Å². The molecule has 2 nitrogen and oxygen atoms in total. The molecule has 0 radical (unpaired) electrons. The molecule has 1 aliphatic rings. The average Bonchev–Trinajstić information content (AvgIpc) is 3.18. The van der Waals surface area contributed by atoms with E-state index in [1.54, 1.807) is 0 Å². The van der Waals surface area contributed by atoms with Crippen LogP contribution in [0.5, 0.6) is 0 Å². The summed E-state index contributed by atoms with van der Waals surface area (Å²) in [4.78, 5) is 0. The van der Waals surface area contributed by atoms with Crippen molar-refractivity contribution >= 4 is 32.8 Å². The lowest BCUT2D eigenvalue weighted by atomic mass is 10.00. The zero-order valence-corrected chi connectivity index (χ0v) is 13.9. The predicted molar refractivity (Wildman–Crippen MR) is 101 cm³/mol. The van der Waals surface area contributed by atoms with Gasteiger partial charge in [-0.15, -0.1) is 0 Å². The Hall–Kier alpha value is -3.13. The van der Waals surface area contributed by atoms with Crippen molar-refractivity contribution in [1.82, 2.24) is 0 Å². The number of hydrogen-bond donors (Lipinski definition) is 0. The van der Waals surface area contributed by atoms with Gasteiger partial charge in [-0.05, 0) is 24.3 Å². The van der Waals surface area contributed by atoms with Gasteiger partial charge >= 0.3 is 0 Å². The van der Waals surface area contributed by atoms with Gasteiger partial charge in [-0.3, -0.25) is 0 Å². The number of nitrogens with zero attached hydrogens (tertiary/aromatic N) is 1. The lowest BCUT2D eigenvalue weighted by molar-refractivity contribution is -0.668. The van der Waals surface area contributed by atoms with Gasteiger partial charge in [-0.1, -0.05) is 36.4 Å². The molecule has 3 aromatic carbocycles. The van der Waals surface area contributed by atoms with Crippen LogP contribution in [0.15, 0.2) is 77.2 Å². The van der Waals surface area contributed by atoms with Crippen LogP contribution in [0, 0.1) is 0 Å². The number of para-hydroxylation sites is 2. The highest BCUT2D eigenvalue weighted by Crippen LogP contribution is 2.43. The summed E-state index contributed by atoms with van der Waals surface area (Å²) in [6.07, 6.45) is 0. The summed E-state index contributed by atoms with van der Waals surface area (Å²) in [6, 6.07) is 26.1. The summed E-state index contributed by atoms with van der Waals surface area (Å²) in [5.74, 6) is 0. The summed E-state index contributed by atoms with van der Waals surface area (Å²) >= 11 is 0. The standard InChI is InChI=1S/C23H16NO/c1-14-16-11-12-18-17-7-3-5-9-21(17)25-23(18)22(16)20-13-10-15-6-2-4-8-19(15)24(14)20/h2-14H,1H3/q+1. The van der Waals surface area contributed by atoms with Crippen molar-refractivity contribution in [1.29, 1.82) is 0 Å². The molecule has 0 saturated heterocycles. The molecule has 1 aliphatic heterocycles. The van der Waals surface area contributed by atoms with E-state index in [-0.39, 0.29) is 0 Å². The maximum atomic E-state index is 6.30. The topological polar surface area (TPSA) is 17.0 Å². The Labute approximate surface area is 144 Å². The van der Waals surface area contributed by atoms with E-state index in [9.17, 15) is 0 Å². The van der Waals surface area contributed by atoms with E-state index >= 15 is 0 Å². The quantitative estimate of drug-likeness (QED) is 0.338. The van der Waals surface area contributed by atoms with Crippen LogP contribution < -0.4 is 4.57 Å². The molecule has 2 heteroatoms. The zero-order valence-electron chi connectivity index (χ0n) is 13.9. The van der Waals surface area contributed by atoms with E-state index in [1.165, 1.54) is 38.5 Å². The van der Waals surface area contributed by atoms with Gasteiger partial charge in [0.1, 0.15) is 11.2 Å². The third-order valence-electron chi connectivity index (χ3n) is 5.55. The molecule has 1 atom stereocenters. The molecule has 118 valence electrons. The fraction of sp³-hybridized carbons (Fsp3) is 0.0870. The number of fused-ring (bicyclic) bond motifs is 9. The molecule has 0 spiro atoms. The second-order valence-corrected chi connectivity index (χ2v) is 6.83. The summed E-state index contributed by atoms with van der Waals surface area (Å²) in [6.45, 7) is 2.27. The molecule has 6 rings (SSSR count). The van der Waals surface area contributed by atoms with E-state index < -0.39 is 0 Å². The van der Waals surface area contributed by atoms with Crippen LogP contribution in [0.25, 0.3) is 44.1 Å². The van der Waals surface area contributed by atoms with Crippen molar-refractivity contribution in [2.24, 2.45) is 0 Å². The summed E-state index contributed by atoms with van der Waals surface area (Å²) in [5.41, 5.74) is 7.05. The van der Waals surface area contributed by atoms with Crippen molar-refractivity contribution in [3.8, 4) is 11.3 Å². The molecule has 0 amide bonds. The maximum absolute atomic E-state index is 6.30. The monoisotopic (exact) mass is 322 g/mol. The predicted octanol–water partition coefficient (Wildman–Crippen LogP) is 5.62. The minimum absolute atomic E-state index is 0.300. The Morgan fingerprint density at radius 2 is 1.64 bits per heavy atom. The summed E-state index contributed by atoms with van der Waals surface area (Å²) < 4.78 is 8.74. The average molecular weight is 322 g/mol. The van der Waals surface area contributed by atoms with Crippen LogP contribution in [0.3, 0.4) is 0 Å². The van der Waals surface area contributed by atoms with Gasteiger partial charge in [0.2, 0.25) is 11.2 Å². The Balaban J connectivity index is 1.80. The Bertz CT molecular complexity index is 1310. The van der Waals surface area contributed by atoms with Crippen molar-refractivity contribution in [2.45, 2.75) is 13.0 Å². The number of aromatic nitrogens is 1. The minimum atomic E-state index is 0.300. The summed E-state index contributed by atoms with van der Waals surface area (Å²) in [5, 5.41) is 3.65. The van der Waals surface area contributed by atoms with Crippen LogP contribution in [0.1, 0.15) is 18.5 Å². The molecule has 2 aromatic heterocycles. The zero-order chi connectivity index (χ0) is 16.5. The first kappa shape index (κ1) is 13.2. The van der Waals surface area contributed by atoms with Crippen molar-refractivity contribution in [3.63, 3.8) is 0 Å². The van der Waals surface area contributed by atoms with Gasteiger partial charge in [0, 0.05) is 40.8 Å². The van der Waals surface area contributed by atoms with Crippen molar-refractivity contribution < 1.29 is 8.98 Å². The fourth-order valence-corrected chi connectivity index (χ4v) is 4.40. The third kappa shape index (κ3) is 1.57. The Morgan fingerprint density at radius 1 is 0.800 bits per heavy atom. The van der Waals surface area contributed by atoms with Crippen LogP contribution in [0.4, 0.5) is 0 Å². The highest BCUT2D eigenvalue weighted by molar-refractivity contribution is 6.10. The lowest BCUT2D eigenvalue weighted by Crippen LogP contribution is -2.37. The van der Waals surface area contributed by atoms with Crippen LogP contribution in [-0.4, -0.2) is 0 Å². The smallest absolute Gasteiger partial charge is 0.217 e. The number of furan rings is 1. The molecule has 0 bridgehead atoms. The Kier molecular flexibility index (Phi) is 2.37. The van der Waals surface area contributed by atoms with E-state index in [1.807, 2.05) is 6.07 Å². The molecule has 0 aliphatic carbocycles. The molecule has 0 fully saturated rings. The van der Waals surface area contributed by atoms with Gasteiger partial charge in [-0.25, -0.2) is 0 Å². The van der Waals surface area contributed by atoms with Crippen molar-refractivity contribution in [3.05, 3.63) is 78.4 Å². The highest BCUT2D eigenvalue weighted by Gasteiger charge is 2.37. The molecule has 5 aromatic rings. The first-order chi connectivity index (χ1) is 12.3. The van der Waals surface area contributed by atoms with E-state index in [4.69, 9.17) is 4.42 Å². The van der Waals surface area contributed by atoms with Crippen LogP contribution in [-0.2, 0) is 0 Å². The van der Waals surface area contributed by atoms with Gasteiger partial charge in [0.05, 0.1) is 5.56 Å². The minimum Gasteiger partial charge on any atom is -0.455 e. The summed E-state index contributed by atoms with van der Waals surface area (Å²) in [7, 11) is 0. The van der Waals surface area contributed by atoms with Gasteiger partial charge in [-0.2, -0.15) is 4.57 Å². The van der Waals surface area contributed by atoms with Gasteiger partial charge in [0.15, 0.2) is 6.04 Å². The molecule has 3 heterocycles. The van der Waals surface area contributed by atoms with Crippen LogP contribution in [0.2, 0.25) is 0 Å². The Morgan fingerprint density at radius 3 is 2.60 bits per heavy atom. The maximum Gasteiger partial charge on any atom is 0.217 e. The number of rotatable bonds is 0. The van der Waals surface area contributed by atoms with Gasteiger partial charge < -0.3 is 4.42 Å². The first-order valence-electron chi connectivity index (χ1n) is 8.71. The lowest BCUT2D eigenvalue weighted by Gasteiger charge is -2.04. The molecule has 0 saturated carbocycles. The van der Waals surface area contributed by atoms with E-state index in [0.29, 0.717) is 6.04 Å². The highest BCUT2D eigenvalue weighted by atomic mass is 16.3. The second kappa shape index (κ2) is 4.48. The molecular formula is C23H16NO+. The SMILES string of the molecule is CC1c2ccc3c(oc4ccccc43)c2-c2ccc3ccccc3[n+]21. The number of pyridine rings is 1. The third-order valence-corrected chi connectivity index (χ3v) is 5.55. The fourth-order valence-electron chi connectivity index (χ4n) is 4.40. The van der Waals surface area contributed by atoms with E-state index in [2.05, 4.69) is 78.2 Å². The molecular weight excluding hydrogens is 306 g/mol. The number of benzene rings is 3. The molecule has 0 N–H and O–H groups in total. The number of hydrogen-bond acceptors (Lipinski definition) is 1. The largest absolute Gasteiger partial charge is 0.455 e. The van der Waals surface area contributed by atoms with E-state index in [0.717, 1.165) is 11.2 Å². The second-order valence-electron chi connectivity index (χ2n) is 6.83. The van der Waals surface area contributed by atoms with Crippen LogP contribution >= 0.6 is 0 Å². The molecule has 1 unspecified atom stereocenters. The first-order valence-corrected chi connectivity index (χ1v) is 8.71. The normalized spacial score (nSPS) is 15.8. The molecule has 25 heavy (non-hydrogen) atoms. The van der Waals surface area contributed by atoms with Crippen molar-refractivity contribution in [2.75, 3.05) is 0 Å².